The number of hydrogen-bond donors (Lipinski definition) is 1. The van der Waals surface area contributed by atoms with Gasteiger partial charge in [0.2, 0.25) is 5.88 Å². The summed E-state index contributed by atoms with van der Waals surface area (Å²) in [5, 5.41) is 9.01. The third kappa shape index (κ3) is 3.62. The van der Waals surface area contributed by atoms with Crippen LogP contribution in [0.15, 0.2) is 30.7 Å². The first-order chi connectivity index (χ1) is 11.1. The van der Waals surface area contributed by atoms with Gasteiger partial charge in [0.25, 0.3) is 0 Å². The lowest BCUT2D eigenvalue weighted by molar-refractivity contribution is -0.138. The molecular weight excluding hydrogens is 296 g/mol. The number of carboxylic acid groups (broad SMARTS) is 1. The van der Waals surface area contributed by atoms with Crippen LogP contribution in [-0.4, -0.2) is 44.0 Å². The minimum atomic E-state index is -0.830. The third-order valence-electron chi connectivity index (χ3n) is 3.85. The molecule has 0 aliphatic carbocycles. The lowest BCUT2D eigenvalue weighted by Gasteiger charge is -2.21. The lowest BCUT2D eigenvalue weighted by atomic mass is 10.1. The Balaban J connectivity index is 1.80. The molecule has 1 saturated heterocycles. The largest absolute Gasteiger partial charge is 0.480 e. The number of aromatic nitrogens is 3. The first kappa shape index (κ1) is 15.4. The summed E-state index contributed by atoms with van der Waals surface area (Å²) in [5.74, 6) is 0.191. The van der Waals surface area contributed by atoms with E-state index in [1.165, 1.54) is 0 Å². The quantitative estimate of drug-likeness (QED) is 0.905. The van der Waals surface area contributed by atoms with Crippen molar-refractivity contribution in [2.24, 2.45) is 0 Å². The van der Waals surface area contributed by atoms with Crippen LogP contribution >= 0.6 is 0 Å². The molecule has 1 aliphatic rings. The van der Waals surface area contributed by atoms with E-state index in [1.807, 2.05) is 17.9 Å². The van der Waals surface area contributed by atoms with E-state index >= 15 is 0 Å². The number of ether oxygens (including phenoxy) is 1. The number of hydrogen-bond acceptors (Lipinski definition) is 6. The smallest absolute Gasteiger partial charge is 0.317 e. The molecule has 7 heteroatoms. The monoisotopic (exact) mass is 314 g/mol. The number of aryl methyl sites for hydroxylation is 1. The molecule has 0 spiro atoms. The summed E-state index contributed by atoms with van der Waals surface area (Å²) < 4.78 is 5.75. The van der Waals surface area contributed by atoms with Crippen molar-refractivity contribution in [3.63, 3.8) is 0 Å². The van der Waals surface area contributed by atoms with Crippen molar-refractivity contribution in [3.05, 3.63) is 42.1 Å². The van der Waals surface area contributed by atoms with Crippen LogP contribution in [0.25, 0.3) is 0 Å². The standard InChI is InChI=1S/C16H18N4O3/c1-11-14(5-2-6-18-11)23-15-9-17-8-12(19-15)13-4-3-7-20(13)10-16(21)22/h2,5-6,8-9,13H,3-4,7,10H2,1H3,(H,21,22). The van der Waals surface area contributed by atoms with Crippen LogP contribution < -0.4 is 4.74 Å². The molecule has 2 aromatic rings. The number of nitrogens with zero attached hydrogens (tertiary/aromatic N) is 4. The van der Waals surface area contributed by atoms with E-state index in [4.69, 9.17) is 9.84 Å². The van der Waals surface area contributed by atoms with Crippen LogP contribution in [0.4, 0.5) is 0 Å². The van der Waals surface area contributed by atoms with Gasteiger partial charge in [0.05, 0.1) is 36.4 Å². The van der Waals surface area contributed by atoms with Gasteiger partial charge in [-0.1, -0.05) is 0 Å². The van der Waals surface area contributed by atoms with Gasteiger partial charge >= 0.3 is 5.97 Å². The Bertz CT molecular complexity index is 707. The van der Waals surface area contributed by atoms with Gasteiger partial charge in [0.1, 0.15) is 0 Å². The zero-order chi connectivity index (χ0) is 16.2. The number of rotatable bonds is 5. The summed E-state index contributed by atoms with van der Waals surface area (Å²) in [5.41, 5.74) is 1.51. The normalized spacial score (nSPS) is 18.0. The fraction of sp³-hybridized carbons (Fsp3) is 0.375. The van der Waals surface area contributed by atoms with Gasteiger partial charge in [-0.15, -0.1) is 0 Å². The SMILES string of the molecule is Cc1ncccc1Oc1cncc(C2CCCN2CC(=O)O)n1. The van der Waals surface area contributed by atoms with Crippen molar-refractivity contribution in [1.29, 1.82) is 0 Å². The molecule has 1 N–H and O–H groups in total. The Morgan fingerprint density at radius 2 is 2.35 bits per heavy atom. The van der Waals surface area contributed by atoms with Crippen molar-refractivity contribution < 1.29 is 14.6 Å². The zero-order valence-corrected chi connectivity index (χ0v) is 12.8. The van der Waals surface area contributed by atoms with Crippen LogP contribution in [0.2, 0.25) is 0 Å². The maximum Gasteiger partial charge on any atom is 0.317 e. The van der Waals surface area contributed by atoms with E-state index in [9.17, 15) is 4.79 Å². The zero-order valence-electron chi connectivity index (χ0n) is 12.8. The molecule has 0 amide bonds. The minimum Gasteiger partial charge on any atom is -0.480 e. The maximum absolute atomic E-state index is 11.0. The average Bonchev–Trinajstić information content (AvgIpc) is 2.97. The number of carboxylic acids is 1. The van der Waals surface area contributed by atoms with Crippen molar-refractivity contribution in [2.45, 2.75) is 25.8 Å². The molecule has 0 radical (unpaired) electrons. The van der Waals surface area contributed by atoms with Crippen LogP contribution in [0.3, 0.4) is 0 Å². The Morgan fingerprint density at radius 1 is 1.48 bits per heavy atom. The summed E-state index contributed by atoms with van der Waals surface area (Å²) >= 11 is 0. The van der Waals surface area contributed by atoms with Crippen LogP contribution in [0, 0.1) is 6.92 Å². The fourth-order valence-corrected chi connectivity index (χ4v) is 2.79. The summed E-state index contributed by atoms with van der Waals surface area (Å²) in [4.78, 5) is 25.7. The number of carbonyl (C=O) groups is 1. The lowest BCUT2D eigenvalue weighted by Crippen LogP contribution is -2.29. The number of aliphatic carboxylic acids is 1. The number of likely N-dealkylation sites (tertiary alicyclic amines) is 1. The molecule has 1 fully saturated rings. The molecule has 2 aromatic heterocycles. The molecule has 1 unspecified atom stereocenters. The third-order valence-corrected chi connectivity index (χ3v) is 3.85. The second-order valence-corrected chi connectivity index (χ2v) is 5.49. The highest BCUT2D eigenvalue weighted by atomic mass is 16.5. The van der Waals surface area contributed by atoms with E-state index in [1.54, 1.807) is 24.7 Å². The molecule has 0 bridgehead atoms. The molecule has 7 nitrogen and oxygen atoms in total. The molecule has 1 atom stereocenters. The minimum absolute atomic E-state index is 0.0130. The Labute approximate surface area is 134 Å². The van der Waals surface area contributed by atoms with Crippen molar-refractivity contribution >= 4 is 5.97 Å². The molecule has 3 rings (SSSR count). The summed E-state index contributed by atoms with van der Waals surface area (Å²) in [6.45, 7) is 2.63. The summed E-state index contributed by atoms with van der Waals surface area (Å²) in [6, 6.07) is 3.59. The van der Waals surface area contributed by atoms with Crippen LogP contribution in [0.1, 0.15) is 30.3 Å². The van der Waals surface area contributed by atoms with Gasteiger partial charge < -0.3 is 9.84 Å². The molecule has 0 saturated carbocycles. The predicted molar refractivity (Wildman–Crippen MR) is 82.3 cm³/mol. The highest BCUT2D eigenvalue weighted by Crippen LogP contribution is 2.31. The second-order valence-electron chi connectivity index (χ2n) is 5.49. The van der Waals surface area contributed by atoms with E-state index in [-0.39, 0.29) is 12.6 Å². The Hall–Kier alpha value is -2.54. The van der Waals surface area contributed by atoms with Crippen molar-refractivity contribution in [3.8, 4) is 11.6 Å². The topological polar surface area (TPSA) is 88.4 Å². The van der Waals surface area contributed by atoms with E-state index in [0.29, 0.717) is 11.6 Å². The average molecular weight is 314 g/mol. The predicted octanol–water partition coefficient (Wildman–Crippen LogP) is 2.19. The summed E-state index contributed by atoms with van der Waals surface area (Å²) in [6.07, 6.45) is 6.75. The molecule has 120 valence electrons. The molecule has 3 heterocycles. The van der Waals surface area contributed by atoms with Gasteiger partial charge in [-0.3, -0.25) is 19.7 Å². The molecule has 1 aliphatic heterocycles. The first-order valence-corrected chi connectivity index (χ1v) is 7.51. The van der Waals surface area contributed by atoms with Crippen molar-refractivity contribution in [2.75, 3.05) is 13.1 Å². The van der Waals surface area contributed by atoms with E-state index < -0.39 is 5.97 Å². The van der Waals surface area contributed by atoms with Crippen LogP contribution in [-0.2, 0) is 4.79 Å². The van der Waals surface area contributed by atoms with Crippen LogP contribution in [0.5, 0.6) is 11.6 Å². The van der Waals surface area contributed by atoms with Gasteiger partial charge in [0.15, 0.2) is 5.75 Å². The van der Waals surface area contributed by atoms with Gasteiger partial charge in [-0.05, 0) is 38.4 Å². The van der Waals surface area contributed by atoms with E-state index in [2.05, 4.69) is 15.0 Å². The van der Waals surface area contributed by atoms with Crippen molar-refractivity contribution in [1.82, 2.24) is 19.9 Å². The molecule has 23 heavy (non-hydrogen) atoms. The summed E-state index contributed by atoms with van der Waals surface area (Å²) in [7, 11) is 0. The first-order valence-electron chi connectivity index (χ1n) is 7.51. The van der Waals surface area contributed by atoms with Gasteiger partial charge in [-0.2, -0.15) is 0 Å². The van der Waals surface area contributed by atoms with E-state index in [0.717, 1.165) is 30.8 Å². The second kappa shape index (κ2) is 6.70. The Kier molecular flexibility index (Phi) is 4.47. The van der Waals surface area contributed by atoms with Gasteiger partial charge in [-0.25, -0.2) is 4.98 Å². The van der Waals surface area contributed by atoms with Gasteiger partial charge in [0, 0.05) is 6.20 Å². The highest BCUT2D eigenvalue weighted by Gasteiger charge is 2.29. The maximum atomic E-state index is 11.0. The molecule has 0 aromatic carbocycles. The number of pyridine rings is 1. The fourth-order valence-electron chi connectivity index (χ4n) is 2.79. The highest BCUT2D eigenvalue weighted by molar-refractivity contribution is 5.69. The Morgan fingerprint density at radius 3 is 3.13 bits per heavy atom. The molecular formula is C16H18N4O3.